The minimum Gasteiger partial charge on any atom is -0.463 e. The average molecular weight is 429 g/mol. The van der Waals surface area contributed by atoms with E-state index in [0.29, 0.717) is 25.3 Å². The second-order valence-electron chi connectivity index (χ2n) is 6.76. The Morgan fingerprint density at radius 3 is 2.60 bits per heavy atom. The third-order valence-electron chi connectivity index (χ3n) is 4.60. The van der Waals surface area contributed by atoms with E-state index in [1.165, 1.54) is 12.1 Å². The molecular weight excluding hydrogens is 406 g/mol. The van der Waals surface area contributed by atoms with Gasteiger partial charge in [-0.25, -0.2) is 18.4 Å². The third kappa shape index (κ3) is 5.46. The van der Waals surface area contributed by atoms with Crippen molar-refractivity contribution in [3.8, 4) is 0 Å². The van der Waals surface area contributed by atoms with Gasteiger partial charge in [-0.3, -0.25) is 4.79 Å². The van der Waals surface area contributed by atoms with E-state index in [1.807, 2.05) is 4.90 Å². The molecule has 1 aliphatic heterocycles. The van der Waals surface area contributed by atoms with Crippen molar-refractivity contribution in [3.63, 3.8) is 0 Å². The van der Waals surface area contributed by atoms with Crippen LogP contribution in [0.25, 0.3) is 6.08 Å². The van der Waals surface area contributed by atoms with Crippen LogP contribution in [0.5, 0.6) is 0 Å². The Balaban J connectivity index is 1.59. The van der Waals surface area contributed by atoms with Crippen LogP contribution >= 0.6 is 0 Å². The fraction of sp³-hybridized carbons (Fsp3) is 0.238. The fourth-order valence-electron chi connectivity index (χ4n) is 3.19. The second kappa shape index (κ2) is 9.10. The lowest BCUT2D eigenvalue weighted by Gasteiger charge is -2.19. The van der Waals surface area contributed by atoms with Gasteiger partial charge in [-0.15, -0.1) is 0 Å². The molecule has 1 aliphatic rings. The fourth-order valence-corrected chi connectivity index (χ4v) is 3.76. The Morgan fingerprint density at radius 1 is 1.20 bits per heavy atom. The van der Waals surface area contributed by atoms with Gasteiger partial charge in [0.15, 0.2) is 0 Å². The van der Waals surface area contributed by atoms with Crippen molar-refractivity contribution in [1.29, 1.82) is 0 Å². The number of esters is 1. The van der Waals surface area contributed by atoms with E-state index < -0.39 is 16.0 Å². The minimum absolute atomic E-state index is 0.0737. The van der Waals surface area contributed by atoms with Gasteiger partial charge in [0, 0.05) is 24.0 Å². The molecule has 2 aromatic rings. The van der Waals surface area contributed by atoms with E-state index in [1.54, 1.807) is 49.4 Å². The van der Waals surface area contributed by atoms with Crippen LogP contribution in [0.15, 0.2) is 53.4 Å². The lowest BCUT2D eigenvalue weighted by atomic mass is 10.2. The number of rotatable bonds is 7. The molecule has 2 aromatic carbocycles. The van der Waals surface area contributed by atoms with Crippen LogP contribution in [0.1, 0.15) is 18.1 Å². The topological polar surface area (TPSA) is 119 Å². The predicted octanol–water partition coefficient (Wildman–Crippen LogP) is 1.91. The number of fused-ring (bicyclic) bond motifs is 1. The van der Waals surface area contributed by atoms with Gasteiger partial charge in [-0.1, -0.05) is 12.1 Å². The molecule has 1 heterocycles. The maximum atomic E-state index is 12.4. The standard InChI is InChI=1S/C21H23N3O5S/c1-2-29-21(26)10-5-15-3-6-17(7-4-15)23-20(25)14-24-12-11-16-13-18(30(22,27)28)8-9-19(16)24/h3-10,13H,2,11-12,14H2,1H3,(H,23,25)(H2,22,27,28). The zero-order chi connectivity index (χ0) is 21.7. The summed E-state index contributed by atoms with van der Waals surface area (Å²) in [5.74, 6) is -0.592. The highest BCUT2D eigenvalue weighted by Crippen LogP contribution is 2.29. The Hall–Kier alpha value is -3.17. The number of nitrogens with one attached hydrogen (secondary N) is 1. The van der Waals surface area contributed by atoms with Gasteiger partial charge >= 0.3 is 5.97 Å². The van der Waals surface area contributed by atoms with E-state index in [0.717, 1.165) is 16.8 Å². The van der Waals surface area contributed by atoms with Gasteiger partial charge < -0.3 is 15.0 Å². The zero-order valence-electron chi connectivity index (χ0n) is 16.5. The van der Waals surface area contributed by atoms with Gasteiger partial charge in [0.25, 0.3) is 0 Å². The quantitative estimate of drug-likeness (QED) is 0.513. The summed E-state index contributed by atoms with van der Waals surface area (Å²) >= 11 is 0. The van der Waals surface area contributed by atoms with E-state index in [-0.39, 0.29) is 17.3 Å². The maximum absolute atomic E-state index is 12.4. The highest BCUT2D eigenvalue weighted by atomic mass is 32.2. The minimum atomic E-state index is -3.75. The molecule has 0 unspecified atom stereocenters. The average Bonchev–Trinajstić information content (AvgIpc) is 3.09. The van der Waals surface area contributed by atoms with Gasteiger partial charge in [-0.2, -0.15) is 0 Å². The first-order valence-electron chi connectivity index (χ1n) is 9.41. The SMILES string of the molecule is CCOC(=O)C=Cc1ccc(NC(=O)CN2CCc3cc(S(N)(=O)=O)ccc32)cc1. The molecule has 0 aliphatic carbocycles. The van der Waals surface area contributed by atoms with Crippen LogP contribution in [0.4, 0.5) is 11.4 Å². The van der Waals surface area contributed by atoms with Gasteiger partial charge in [0.2, 0.25) is 15.9 Å². The number of hydrogen-bond donors (Lipinski definition) is 2. The molecule has 3 rings (SSSR count). The molecule has 0 atom stereocenters. The van der Waals surface area contributed by atoms with Crippen molar-refractivity contribution in [2.75, 3.05) is 29.9 Å². The Morgan fingerprint density at radius 2 is 1.93 bits per heavy atom. The summed E-state index contributed by atoms with van der Waals surface area (Å²) in [6.07, 6.45) is 3.64. The smallest absolute Gasteiger partial charge is 0.330 e. The summed E-state index contributed by atoms with van der Waals surface area (Å²) in [7, 11) is -3.75. The molecular formula is C21H23N3O5S. The summed E-state index contributed by atoms with van der Waals surface area (Å²) in [6.45, 7) is 2.83. The highest BCUT2D eigenvalue weighted by molar-refractivity contribution is 7.89. The zero-order valence-corrected chi connectivity index (χ0v) is 17.3. The van der Waals surface area contributed by atoms with Crippen molar-refractivity contribution in [2.24, 2.45) is 5.14 Å². The van der Waals surface area contributed by atoms with Crippen molar-refractivity contribution in [3.05, 3.63) is 59.7 Å². The summed E-state index contributed by atoms with van der Waals surface area (Å²) in [5.41, 5.74) is 3.13. The maximum Gasteiger partial charge on any atom is 0.330 e. The number of sulfonamides is 1. The molecule has 0 fully saturated rings. The molecule has 0 saturated heterocycles. The number of amides is 1. The number of nitrogens with two attached hydrogens (primary N) is 1. The third-order valence-corrected chi connectivity index (χ3v) is 5.51. The summed E-state index contributed by atoms with van der Waals surface area (Å²) in [5, 5.41) is 8.01. The number of primary sulfonamides is 1. The van der Waals surface area contributed by atoms with Crippen LogP contribution in [0.3, 0.4) is 0 Å². The normalized spacial score (nSPS) is 13.3. The molecule has 0 aromatic heterocycles. The summed E-state index contributed by atoms with van der Waals surface area (Å²) in [4.78, 5) is 25.7. The van der Waals surface area contributed by atoms with E-state index in [2.05, 4.69) is 5.32 Å². The summed E-state index contributed by atoms with van der Waals surface area (Å²) < 4.78 is 27.8. The van der Waals surface area contributed by atoms with Crippen molar-refractivity contribution in [2.45, 2.75) is 18.2 Å². The van der Waals surface area contributed by atoms with Crippen LogP contribution < -0.4 is 15.4 Å². The van der Waals surface area contributed by atoms with Crippen molar-refractivity contribution in [1.82, 2.24) is 0 Å². The molecule has 1 amide bonds. The molecule has 30 heavy (non-hydrogen) atoms. The molecule has 3 N–H and O–H groups in total. The van der Waals surface area contributed by atoms with Crippen LogP contribution in [0, 0.1) is 0 Å². The van der Waals surface area contributed by atoms with Crippen LogP contribution in [-0.4, -0.2) is 40.0 Å². The van der Waals surface area contributed by atoms with Crippen LogP contribution in [-0.2, 0) is 30.8 Å². The van der Waals surface area contributed by atoms with Crippen LogP contribution in [0.2, 0.25) is 0 Å². The Bertz CT molecular complexity index is 1080. The molecule has 0 radical (unpaired) electrons. The lowest BCUT2D eigenvalue weighted by molar-refractivity contribution is -0.137. The van der Waals surface area contributed by atoms with E-state index >= 15 is 0 Å². The van der Waals surface area contributed by atoms with Gasteiger partial charge in [0.05, 0.1) is 18.0 Å². The molecule has 158 valence electrons. The monoisotopic (exact) mass is 429 g/mol. The number of hydrogen-bond acceptors (Lipinski definition) is 6. The number of anilines is 2. The Kier molecular flexibility index (Phi) is 6.53. The number of carbonyl (C=O) groups is 2. The van der Waals surface area contributed by atoms with E-state index in [4.69, 9.17) is 9.88 Å². The molecule has 8 nitrogen and oxygen atoms in total. The number of carbonyl (C=O) groups excluding carboxylic acids is 2. The molecule has 9 heteroatoms. The van der Waals surface area contributed by atoms with E-state index in [9.17, 15) is 18.0 Å². The lowest BCUT2D eigenvalue weighted by Crippen LogP contribution is -2.31. The van der Waals surface area contributed by atoms with Crippen molar-refractivity contribution < 1.29 is 22.7 Å². The first kappa shape index (κ1) is 21.5. The highest BCUT2D eigenvalue weighted by Gasteiger charge is 2.23. The predicted molar refractivity (Wildman–Crippen MR) is 114 cm³/mol. The van der Waals surface area contributed by atoms with Gasteiger partial charge in [0.1, 0.15) is 0 Å². The Labute approximate surface area is 175 Å². The first-order valence-corrected chi connectivity index (χ1v) is 11.0. The number of ether oxygens (including phenoxy) is 1. The molecule has 0 saturated carbocycles. The first-order chi connectivity index (χ1) is 14.3. The van der Waals surface area contributed by atoms with Gasteiger partial charge in [-0.05, 0) is 60.9 Å². The number of benzene rings is 2. The second-order valence-corrected chi connectivity index (χ2v) is 8.32. The largest absolute Gasteiger partial charge is 0.463 e. The molecule has 0 bridgehead atoms. The molecule has 0 spiro atoms. The van der Waals surface area contributed by atoms with Crippen molar-refractivity contribution >= 4 is 39.4 Å². The number of nitrogens with zero attached hydrogens (tertiary/aromatic N) is 1. The summed E-state index contributed by atoms with van der Waals surface area (Å²) in [6, 6.07) is 11.8.